The zero-order valence-electron chi connectivity index (χ0n) is 10.5. The number of amides is 1. The van der Waals surface area contributed by atoms with Gasteiger partial charge in [-0.1, -0.05) is 49.4 Å². The van der Waals surface area contributed by atoms with Gasteiger partial charge in [-0.15, -0.1) is 0 Å². The van der Waals surface area contributed by atoms with E-state index >= 15 is 0 Å². The van der Waals surface area contributed by atoms with Crippen LogP contribution in [-0.4, -0.2) is 11.9 Å². The Hall–Kier alpha value is -1.87. The Bertz CT molecular complexity index is 546. The van der Waals surface area contributed by atoms with Crippen molar-refractivity contribution in [3.63, 3.8) is 0 Å². The van der Waals surface area contributed by atoms with E-state index in [0.717, 1.165) is 5.56 Å². The Morgan fingerprint density at radius 3 is 2.72 bits per heavy atom. The molecule has 0 bridgehead atoms. The molecule has 3 N–H and O–H groups in total. The first kappa shape index (κ1) is 12.6. The van der Waals surface area contributed by atoms with Crippen molar-refractivity contribution in [2.75, 3.05) is 0 Å². The molecule has 0 radical (unpaired) electrons. The largest absolute Gasteiger partial charge is 0.351 e. The van der Waals surface area contributed by atoms with Crippen LogP contribution in [0.1, 0.15) is 18.9 Å². The maximum Gasteiger partial charge on any atom is 0.237 e. The number of hydrogen-bond acceptors (Lipinski definition) is 2. The molecule has 0 heterocycles. The molecule has 3 nitrogen and oxygen atoms in total. The summed E-state index contributed by atoms with van der Waals surface area (Å²) in [6.45, 7) is 2.43. The molecule has 0 aliphatic heterocycles. The van der Waals surface area contributed by atoms with Crippen molar-refractivity contribution in [1.82, 2.24) is 5.32 Å². The predicted octanol–water partition coefficient (Wildman–Crippen LogP) is 2.19. The Labute approximate surface area is 107 Å². The molecule has 0 saturated carbocycles. The standard InChI is InChI=1S/C15H18N2O/c1-2-14(16)15(18)17-10-12-8-5-7-11-6-3-4-9-13(11)12/h3-9,14H,2,10,16H2,1H3,(H,17,18)/t14-/m1/s1. The van der Waals surface area contributed by atoms with Crippen LogP contribution in [0.25, 0.3) is 10.8 Å². The normalized spacial score (nSPS) is 12.3. The van der Waals surface area contributed by atoms with Gasteiger partial charge in [0.1, 0.15) is 0 Å². The lowest BCUT2D eigenvalue weighted by molar-refractivity contribution is -0.122. The van der Waals surface area contributed by atoms with E-state index in [1.807, 2.05) is 31.2 Å². The Balaban J connectivity index is 2.15. The number of nitrogens with two attached hydrogens (primary N) is 1. The van der Waals surface area contributed by atoms with Gasteiger partial charge < -0.3 is 11.1 Å². The number of carbonyl (C=O) groups is 1. The molecule has 0 spiro atoms. The summed E-state index contributed by atoms with van der Waals surface area (Å²) in [7, 11) is 0. The molecular formula is C15H18N2O. The van der Waals surface area contributed by atoms with Crippen LogP contribution in [0, 0.1) is 0 Å². The van der Waals surface area contributed by atoms with Crippen molar-refractivity contribution >= 4 is 16.7 Å². The van der Waals surface area contributed by atoms with E-state index in [2.05, 4.69) is 23.5 Å². The lowest BCUT2D eigenvalue weighted by Gasteiger charge is -2.11. The number of hydrogen-bond donors (Lipinski definition) is 2. The first-order valence-electron chi connectivity index (χ1n) is 6.22. The highest BCUT2D eigenvalue weighted by molar-refractivity contribution is 5.86. The first-order chi connectivity index (χ1) is 8.72. The molecule has 3 heteroatoms. The van der Waals surface area contributed by atoms with Crippen LogP contribution in [0.5, 0.6) is 0 Å². The van der Waals surface area contributed by atoms with E-state index in [-0.39, 0.29) is 5.91 Å². The quantitative estimate of drug-likeness (QED) is 0.863. The average molecular weight is 242 g/mol. The molecule has 94 valence electrons. The Morgan fingerprint density at radius 2 is 1.94 bits per heavy atom. The summed E-state index contributed by atoms with van der Waals surface area (Å²) in [4.78, 5) is 11.6. The molecule has 1 atom stereocenters. The summed E-state index contributed by atoms with van der Waals surface area (Å²) in [6.07, 6.45) is 0.654. The highest BCUT2D eigenvalue weighted by Gasteiger charge is 2.10. The molecule has 0 fully saturated rings. The van der Waals surface area contributed by atoms with Crippen LogP contribution in [0.4, 0.5) is 0 Å². The molecule has 0 aromatic heterocycles. The molecule has 2 aromatic rings. The molecule has 2 aromatic carbocycles. The average Bonchev–Trinajstić information content (AvgIpc) is 2.43. The molecule has 0 aliphatic rings. The Morgan fingerprint density at radius 1 is 1.22 bits per heavy atom. The Kier molecular flexibility index (Phi) is 3.95. The summed E-state index contributed by atoms with van der Waals surface area (Å²) >= 11 is 0. The fourth-order valence-corrected chi connectivity index (χ4v) is 1.95. The minimum absolute atomic E-state index is 0.0922. The molecular weight excluding hydrogens is 224 g/mol. The van der Waals surface area contributed by atoms with E-state index in [0.29, 0.717) is 13.0 Å². The van der Waals surface area contributed by atoms with Gasteiger partial charge in [-0.2, -0.15) is 0 Å². The van der Waals surface area contributed by atoms with Crippen molar-refractivity contribution in [3.8, 4) is 0 Å². The summed E-state index contributed by atoms with van der Waals surface area (Å²) in [5.41, 5.74) is 6.80. The van der Waals surface area contributed by atoms with E-state index < -0.39 is 6.04 Å². The fourth-order valence-electron chi connectivity index (χ4n) is 1.95. The van der Waals surface area contributed by atoms with Crippen molar-refractivity contribution in [3.05, 3.63) is 48.0 Å². The van der Waals surface area contributed by atoms with Crippen molar-refractivity contribution in [1.29, 1.82) is 0 Å². The van der Waals surface area contributed by atoms with Gasteiger partial charge in [0.15, 0.2) is 0 Å². The fraction of sp³-hybridized carbons (Fsp3) is 0.267. The smallest absolute Gasteiger partial charge is 0.237 e. The second-order valence-corrected chi connectivity index (χ2v) is 4.37. The van der Waals surface area contributed by atoms with Crippen LogP contribution in [0.3, 0.4) is 0 Å². The van der Waals surface area contributed by atoms with E-state index in [9.17, 15) is 4.79 Å². The lowest BCUT2D eigenvalue weighted by Crippen LogP contribution is -2.39. The van der Waals surface area contributed by atoms with Gasteiger partial charge in [0, 0.05) is 6.54 Å². The summed E-state index contributed by atoms with van der Waals surface area (Å²) < 4.78 is 0. The van der Waals surface area contributed by atoms with Crippen LogP contribution < -0.4 is 11.1 Å². The van der Waals surface area contributed by atoms with Crippen molar-refractivity contribution < 1.29 is 4.79 Å². The monoisotopic (exact) mass is 242 g/mol. The number of carbonyl (C=O) groups excluding carboxylic acids is 1. The van der Waals surface area contributed by atoms with Gasteiger partial charge in [0.05, 0.1) is 6.04 Å². The zero-order chi connectivity index (χ0) is 13.0. The van der Waals surface area contributed by atoms with Gasteiger partial charge in [-0.3, -0.25) is 4.79 Å². The number of benzene rings is 2. The van der Waals surface area contributed by atoms with Gasteiger partial charge >= 0.3 is 0 Å². The third-order valence-corrected chi connectivity index (χ3v) is 3.11. The first-order valence-corrected chi connectivity index (χ1v) is 6.22. The molecule has 0 saturated heterocycles. The highest BCUT2D eigenvalue weighted by atomic mass is 16.2. The number of fused-ring (bicyclic) bond motifs is 1. The molecule has 0 unspecified atom stereocenters. The SMILES string of the molecule is CC[C@@H](N)C(=O)NCc1cccc2ccccc12. The zero-order valence-corrected chi connectivity index (χ0v) is 10.5. The van der Waals surface area contributed by atoms with Gasteiger partial charge in [-0.05, 0) is 22.8 Å². The third-order valence-electron chi connectivity index (χ3n) is 3.11. The second-order valence-electron chi connectivity index (χ2n) is 4.37. The maximum atomic E-state index is 11.6. The molecule has 18 heavy (non-hydrogen) atoms. The molecule has 1 amide bonds. The van der Waals surface area contributed by atoms with Gasteiger partial charge in [0.2, 0.25) is 5.91 Å². The minimum Gasteiger partial charge on any atom is -0.351 e. The topological polar surface area (TPSA) is 55.1 Å². The number of nitrogens with one attached hydrogen (secondary N) is 1. The van der Waals surface area contributed by atoms with Crippen LogP contribution in [0.2, 0.25) is 0 Å². The number of rotatable bonds is 4. The van der Waals surface area contributed by atoms with Gasteiger partial charge in [0.25, 0.3) is 0 Å². The summed E-state index contributed by atoms with van der Waals surface area (Å²) in [5.74, 6) is -0.0922. The lowest BCUT2D eigenvalue weighted by atomic mass is 10.0. The highest BCUT2D eigenvalue weighted by Crippen LogP contribution is 2.18. The van der Waals surface area contributed by atoms with Crippen molar-refractivity contribution in [2.45, 2.75) is 25.9 Å². The molecule has 2 rings (SSSR count). The van der Waals surface area contributed by atoms with E-state index in [1.165, 1.54) is 10.8 Å². The second kappa shape index (κ2) is 5.65. The summed E-state index contributed by atoms with van der Waals surface area (Å²) in [5, 5.41) is 5.23. The van der Waals surface area contributed by atoms with Crippen molar-refractivity contribution in [2.24, 2.45) is 5.73 Å². The maximum absolute atomic E-state index is 11.6. The minimum atomic E-state index is -0.417. The van der Waals surface area contributed by atoms with Crippen LogP contribution in [0.15, 0.2) is 42.5 Å². The van der Waals surface area contributed by atoms with E-state index in [1.54, 1.807) is 0 Å². The molecule has 0 aliphatic carbocycles. The van der Waals surface area contributed by atoms with Crippen LogP contribution in [-0.2, 0) is 11.3 Å². The van der Waals surface area contributed by atoms with E-state index in [4.69, 9.17) is 5.73 Å². The summed E-state index contributed by atoms with van der Waals surface area (Å²) in [6, 6.07) is 13.8. The van der Waals surface area contributed by atoms with Gasteiger partial charge in [-0.25, -0.2) is 0 Å². The van der Waals surface area contributed by atoms with Crippen LogP contribution >= 0.6 is 0 Å². The predicted molar refractivity (Wildman–Crippen MR) is 74.1 cm³/mol. The third kappa shape index (κ3) is 2.68.